The van der Waals surface area contributed by atoms with Crippen LogP contribution < -0.4 is 5.32 Å². The van der Waals surface area contributed by atoms with Crippen molar-refractivity contribution in [1.29, 1.82) is 0 Å². The summed E-state index contributed by atoms with van der Waals surface area (Å²) in [7, 11) is 0. The van der Waals surface area contributed by atoms with Gasteiger partial charge in [0.2, 0.25) is 5.91 Å². The maximum absolute atomic E-state index is 12.7. The molecule has 2 aromatic rings. The van der Waals surface area contributed by atoms with E-state index in [0.29, 0.717) is 11.4 Å². The van der Waals surface area contributed by atoms with Crippen LogP contribution in [0.25, 0.3) is 6.08 Å². The number of benzene rings is 1. The largest absolute Gasteiger partial charge is 0.392 e. The highest BCUT2D eigenvalue weighted by molar-refractivity contribution is 6.01. The molecule has 0 saturated heterocycles. The number of hydrogen-bond donors (Lipinski definition) is 2. The average Bonchev–Trinajstić information content (AvgIpc) is 2.47. The van der Waals surface area contributed by atoms with Crippen LogP contribution in [0.4, 0.5) is 10.2 Å². The molecule has 102 valence electrons. The highest BCUT2D eigenvalue weighted by Gasteiger charge is 1.99. The monoisotopic (exact) mass is 272 g/mol. The Morgan fingerprint density at radius 3 is 2.60 bits per heavy atom. The van der Waals surface area contributed by atoms with E-state index in [1.807, 2.05) is 0 Å². The van der Waals surface area contributed by atoms with Gasteiger partial charge in [0.15, 0.2) is 0 Å². The molecule has 4 nitrogen and oxygen atoms in total. The van der Waals surface area contributed by atoms with E-state index in [9.17, 15) is 9.18 Å². The van der Waals surface area contributed by atoms with E-state index in [-0.39, 0.29) is 18.3 Å². The molecule has 5 heteroatoms. The van der Waals surface area contributed by atoms with Crippen molar-refractivity contribution >= 4 is 17.8 Å². The first-order chi connectivity index (χ1) is 9.67. The predicted octanol–water partition coefficient (Wildman–Crippen LogP) is 2.36. The Morgan fingerprint density at radius 2 is 2.00 bits per heavy atom. The van der Waals surface area contributed by atoms with E-state index in [4.69, 9.17) is 5.11 Å². The van der Waals surface area contributed by atoms with Crippen molar-refractivity contribution in [1.82, 2.24) is 4.98 Å². The number of amides is 1. The average molecular weight is 272 g/mol. The first-order valence-corrected chi connectivity index (χ1v) is 5.98. The smallest absolute Gasteiger partial charge is 0.249 e. The van der Waals surface area contributed by atoms with Crippen molar-refractivity contribution in [3.8, 4) is 0 Å². The molecule has 2 N–H and O–H groups in total. The van der Waals surface area contributed by atoms with Crippen LogP contribution in [-0.4, -0.2) is 16.0 Å². The van der Waals surface area contributed by atoms with Crippen molar-refractivity contribution in [3.05, 3.63) is 65.6 Å². The van der Waals surface area contributed by atoms with Gasteiger partial charge in [-0.3, -0.25) is 4.79 Å². The number of aliphatic hydroxyl groups excluding tert-OH is 1. The molecule has 1 amide bonds. The molecule has 0 aliphatic heterocycles. The Kier molecular flexibility index (Phi) is 4.57. The van der Waals surface area contributed by atoms with Crippen molar-refractivity contribution in [2.24, 2.45) is 0 Å². The van der Waals surface area contributed by atoms with Crippen LogP contribution in [0.3, 0.4) is 0 Å². The summed E-state index contributed by atoms with van der Waals surface area (Å²) in [6.07, 6.45) is 4.41. The van der Waals surface area contributed by atoms with Gasteiger partial charge in [-0.15, -0.1) is 0 Å². The third kappa shape index (κ3) is 4.00. The third-order valence-corrected chi connectivity index (χ3v) is 2.56. The standard InChI is InChI=1S/C15H13FN2O2/c16-13-5-1-11(2-6-13)4-8-15(20)18-14-7-3-12(10-19)9-17-14/h1-9,19H,10H2,(H,17,18,20)/b8-4+. The van der Waals surface area contributed by atoms with Gasteiger partial charge in [-0.2, -0.15) is 0 Å². The van der Waals surface area contributed by atoms with Crippen molar-refractivity contribution < 1.29 is 14.3 Å². The molecule has 2 rings (SSSR count). The van der Waals surface area contributed by atoms with Crippen LogP contribution >= 0.6 is 0 Å². The summed E-state index contributed by atoms with van der Waals surface area (Å²) >= 11 is 0. The molecule has 1 aromatic carbocycles. The third-order valence-electron chi connectivity index (χ3n) is 2.56. The van der Waals surface area contributed by atoms with Gasteiger partial charge in [0.25, 0.3) is 0 Å². The fourth-order valence-corrected chi connectivity index (χ4v) is 1.51. The van der Waals surface area contributed by atoms with Crippen LogP contribution in [0.15, 0.2) is 48.7 Å². The number of aromatic nitrogens is 1. The first-order valence-electron chi connectivity index (χ1n) is 5.98. The maximum Gasteiger partial charge on any atom is 0.249 e. The lowest BCUT2D eigenvalue weighted by Gasteiger charge is -2.01. The summed E-state index contributed by atoms with van der Waals surface area (Å²) < 4.78 is 12.7. The minimum Gasteiger partial charge on any atom is -0.392 e. The van der Waals surface area contributed by atoms with E-state index in [0.717, 1.165) is 5.56 Å². The molecule has 0 unspecified atom stereocenters. The molecule has 0 radical (unpaired) electrons. The molecule has 0 fully saturated rings. The quantitative estimate of drug-likeness (QED) is 0.840. The SMILES string of the molecule is O=C(/C=C/c1ccc(F)cc1)Nc1ccc(CO)cn1. The first kappa shape index (κ1) is 13.9. The summed E-state index contributed by atoms with van der Waals surface area (Å²) in [5, 5.41) is 11.5. The molecule has 0 bridgehead atoms. The minimum atomic E-state index is -0.335. The van der Waals surface area contributed by atoms with Gasteiger partial charge in [0, 0.05) is 12.3 Å². The molecule has 0 saturated carbocycles. The van der Waals surface area contributed by atoms with Gasteiger partial charge >= 0.3 is 0 Å². The Hall–Kier alpha value is -2.53. The maximum atomic E-state index is 12.7. The molecule has 0 atom stereocenters. The number of nitrogens with one attached hydrogen (secondary N) is 1. The Labute approximate surface area is 115 Å². The van der Waals surface area contributed by atoms with Gasteiger partial charge in [0.1, 0.15) is 11.6 Å². The second kappa shape index (κ2) is 6.58. The van der Waals surface area contributed by atoms with Gasteiger partial charge < -0.3 is 10.4 Å². The lowest BCUT2D eigenvalue weighted by molar-refractivity contribution is -0.111. The predicted molar refractivity (Wildman–Crippen MR) is 74.2 cm³/mol. The molecule has 0 aliphatic carbocycles. The lowest BCUT2D eigenvalue weighted by atomic mass is 10.2. The van der Waals surface area contributed by atoms with Gasteiger partial charge in [-0.25, -0.2) is 9.37 Å². The topological polar surface area (TPSA) is 62.2 Å². The zero-order valence-corrected chi connectivity index (χ0v) is 10.6. The second-order valence-corrected chi connectivity index (χ2v) is 4.08. The van der Waals surface area contributed by atoms with Crippen LogP contribution in [0.1, 0.15) is 11.1 Å². The number of nitrogens with zero attached hydrogens (tertiary/aromatic N) is 1. The van der Waals surface area contributed by atoms with Crippen molar-refractivity contribution in [3.63, 3.8) is 0 Å². The van der Waals surface area contributed by atoms with E-state index in [1.165, 1.54) is 24.4 Å². The van der Waals surface area contributed by atoms with Gasteiger partial charge in [-0.1, -0.05) is 18.2 Å². The summed E-state index contributed by atoms with van der Waals surface area (Å²) in [6.45, 7) is -0.0916. The van der Waals surface area contributed by atoms with Gasteiger partial charge in [0.05, 0.1) is 6.61 Å². The molecule has 20 heavy (non-hydrogen) atoms. The number of carbonyl (C=O) groups excluding carboxylic acids is 1. The van der Waals surface area contributed by atoms with Crippen molar-refractivity contribution in [2.75, 3.05) is 5.32 Å². The Balaban J connectivity index is 1.96. The fourth-order valence-electron chi connectivity index (χ4n) is 1.51. The summed E-state index contributed by atoms with van der Waals surface area (Å²) in [6, 6.07) is 9.09. The number of carbonyl (C=O) groups is 1. The fraction of sp³-hybridized carbons (Fsp3) is 0.0667. The second-order valence-electron chi connectivity index (χ2n) is 4.08. The van der Waals surface area contributed by atoms with Gasteiger partial charge in [-0.05, 0) is 35.4 Å². The van der Waals surface area contributed by atoms with E-state index in [2.05, 4.69) is 10.3 Å². The molecular formula is C15H13FN2O2. The minimum absolute atomic E-state index is 0.0916. The summed E-state index contributed by atoms with van der Waals surface area (Å²) in [5.41, 5.74) is 1.40. The van der Waals surface area contributed by atoms with Crippen LogP contribution in [0, 0.1) is 5.82 Å². The molecule has 0 aliphatic rings. The molecule has 0 spiro atoms. The van der Waals surface area contributed by atoms with Crippen molar-refractivity contribution in [2.45, 2.75) is 6.61 Å². The number of anilines is 1. The number of hydrogen-bond acceptors (Lipinski definition) is 3. The number of rotatable bonds is 4. The van der Waals surface area contributed by atoms with E-state index < -0.39 is 0 Å². The highest BCUT2D eigenvalue weighted by atomic mass is 19.1. The zero-order chi connectivity index (χ0) is 14.4. The number of halogens is 1. The highest BCUT2D eigenvalue weighted by Crippen LogP contribution is 2.07. The van der Waals surface area contributed by atoms with Crippen LogP contribution in [-0.2, 0) is 11.4 Å². The Bertz CT molecular complexity index is 607. The van der Waals surface area contributed by atoms with E-state index in [1.54, 1.807) is 30.3 Å². The summed E-state index contributed by atoms with van der Waals surface area (Å²) in [4.78, 5) is 15.6. The molecule has 1 aromatic heterocycles. The molecule has 1 heterocycles. The number of aliphatic hydroxyl groups is 1. The zero-order valence-electron chi connectivity index (χ0n) is 10.6. The lowest BCUT2D eigenvalue weighted by Crippen LogP contribution is -2.09. The molecular weight excluding hydrogens is 259 g/mol. The Morgan fingerprint density at radius 1 is 1.25 bits per heavy atom. The van der Waals surface area contributed by atoms with Crippen LogP contribution in [0.2, 0.25) is 0 Å². The van der Waals surface area contributed by atoms with Crippen LogP contribution in [0.5, 0.6) is 0 Å². The number of pyridine rings is 1. The normalized spacial score (nSPS) is 10.7. The van der Waals surface area contributed by atoms with E-state index >= 15 is 0 Å². The summed E-state index contributed by atoms with van der Waals surface area (Å²) in [5.74, 6) is -0.255.